The van der Waals surface area contributed by atoms with E-state index in [4.69, 9.17) is 4.74 Å². The van der Waals surface area contributed by atoms with E-state index in [1.165, 1.54) is 193 Å². The largest absolute Gasteiger partial charge is 0.466 e. The second kappa shape index (κ2) is 46.3. The summed E-state index contributed by atoms with van der Waals surface area (Å²) in [4.78, 5) is 24.4. The van der Waals surface area contributed by atoms with E-state index in [1.54, 1.807) is 0 Å². The molecule has 0 aliphatic carbocycles. The quantitative estimate of drug-likeness (QED) is 0.0324. The summed E-state index contributed by atoms with van der Waals surface area (Å²) in [5.41, 5.74) is 0. The topological polar surface area (TPSA) is 95.9 Å². The van der Waals surface area contributed by atoms with Gasteiger partial charge in [-0.25, -0.2) is 0 Å². The first-order valence-corrected chi connectivity index (χ1v) is 24.9. The van der Waals surface area contributed by atoms with Crippen LogP contribution in [0.25, 0.3) is 0 Å². The molecule has 1 amide bonds. The maximum Gasteiger partial charge on any atom is 0.305 e. The molecule has 0 heterocycles. The van der Waals surface area contributed by atoms with Gasteiger partial charge in [-0.3, -0.25) is 9.59 Å². The van der Waals surface area contributed by atoms with Crippen LogP contribution in [0, 0.1) is 0 Å². The van der Waals surface area contributed by atoms with Crippen LogP contribution in [0.4, 0.5) is 0 Å². The molecule has 0 fully saturated rings. The van der Waals surface area contributed by atoms with Crippen LogP contribution in [-0.2, 0) is 14.3 Å². The number of aliphatic hydroxyl groups is 2. The molecule has 0 aromatic heterocycles. The van der Waals surface area contributed by atoms with E-state index in [0.29, 0.717) is 25.9 Å². The predicted octanol–water partition coefficient (Wildman–Crippen LogP) is 14.6. The minimum atomic E-state index is -0.665. The normalized spacial score (nSPS) is 12.7. The number of ether oxygens (including phenoxy) is 1. The van der Waals surface area contributed by atoms with Gasteiger partial charge in [-0.05, 0) is 51.4 Å². The zero-order valence-corrected chi connectivity index (χ0v) is 37.6. The molecule has 3 N–H and O–H groups in total. The molecule has 0 aromatic rings. The molecule has 56 heavy (non-hydrogen) atoms. The summed E-state index contributed by atoms with van der Waals surface area (Å²) in [5, 5.41) is 23.1. The SMILES string of the molecule is CCCCC/C=C\CCCCCCCC(=O)OCCCCCCCCCCCCCCCCCCCC(=O)NC(CO)C(O)CCCCCCCCCCCC. The Morgan fingerprint density at radius 2 is 0.839 bits per heavy atom. The summed E-state index contributed by atoms with van der Waals surface area (Å²) < 4.78 is 5.45. The number of allylic oxidation sites excluding steroid dienone is 2. The molecule has 0 radical (unpaired) electrons. The van der Waals surface area contributed by atoms with Gasteiger partial charge in [0, 0.05) is 12.8 Å². The van der Waals surface area contributed by atoms with Crippen LogP contribution in [0.3, 0.4) is 0 Å². The second-order valence-corrected chi connectivity index (χ2v) is 17.1. The molecule has 6 nitrogen and oxygen atoms in total. The van der Waals surface area contributed by atoms with Crippen LogP contribution in [-0.4, -0.2) is 47.4 Å². The van der Waals surface area contributed by atoms with Crippen molar-refractivity contribution in [1.82, 2.24) is 5.32 Å². The van der Waals surface area contributed by atoms with Gasteiger partial charge in [0.2, 0.25) is 5.91 Å². The zero-order valence-electron chi connectivity index (χ0n) is 37.6. The molecular formula is C50H97NO5. The van der Waals surface area contributed by atoms with E-state index >= 15 is 0 Å². The number of nitrogens with one attached hydrogen (secondary N) is 1. The third-order valence-corrected chi connectivity index (χ3v) is 11.6. The molecule has 0 spiro atoms. The van der Waals surface area contributed by atoms with Crippen LogP contribution in [0.1, 0.15) is 271 Å². The summed E-state index contributed by atoms with van der Waals surface area (Å²) >= 11 is 0. The van der Waals surface area contributed by atoms with Crippen LogP contribution >= 0.6 is 0 Å². The number of esters is 1. The van der Waals surface area contributed by atoms with Crippen LogP contribution < -0.4 is 5.32 Å². The molecule has 2 unspecified atom stereocenters. The van der Waals surface area contributed by atoms with Gasteiger partial charge < -0.3 is 20.3 Å². The molecule has 0 aliphatic rings. The fraction of sp³-hybridized carbons (Fsp3) is 0.920. The van der Waals surface area contributed by atoms with Crippen LogP contribution in [0.2, 0.25) is 0 Å². The fourth-order valence-electron chi connectivity index (χ4n) is 7.69. The van der Waals surface area contributed by atoms with Gasteiger partial charge in [0.05, 0.1) is 25.4 Å². The van der Waals surface area contributed by atoms with E-state index < -0.39 is 12.1 Å². The Morgan fingerprint density at radius 3 is 1.30 bits per heavy atom. The Labute approximate surface area is 349 Å². The number of hydrogen-bond acceptors (Lipinski definition) is 5. The van der Waals surface area contributed by atoms with Gasteiger partial charge in [0.15, 0.2) is 0 Å². The molecule has 0 saturated heterocycles. The first-order chi connectivity index (χ1) is 27.5. The summed E-state index contributed by atoms with van der Waals surface area (Å²) in [6, 6.07) is -0.543. The van der Waals surface area contributed by atoms with E-state index in [1.807, 2.05) is 0 Å². The zero-order chi connectivity index (χ0) is 40.8. The molecule has 332 valence electrons. The van der Waals surface area contributed by atoms with E-state index in [0.717, 1.165) is 44.9 Å². The lowest BCUT2D eigenvalue weighted by molar-refractivity contribution is -0.143. The standard InChI is InChI=1S/C50H97NO5/c1-3-5-7-9-11-13-15-24-28-32-36-40-44-50(55)56-45-41-37-33-29-25-22-20-18-16-17-19-21-23-27-31-35-39-43-49(54)51-47(46-52)48(53)42-38-34-30-26-14-12-10-8-6-4-2/h11,13,47-48,52-53H,3-10,12,14-46H2,1-2H3,(H,51,54)/b13-11-. The number of amides is 1. The Bertz CT molecular complexity index is 832. The highest BCUT2D eigenvalue weighted by Gasteiger charge is 2.20. The van der Waals surface area contributed by atoms with Crippen molar-refractivity contribution in [3.05, 3.63) is 12.2 Å². The molecule has 0 rings (SSSR count). The Morgan fingerprint density at radius 1 is 0.482 bits per heavy atom. The molecule has 0 saturated carbocycles. The molecule has 6 heteroatoms. The first kappa shape index (κ1) is 54.6. The lowest BCUT2D eigenvalue weighted by Gasteiger charge is -2.22. The average Bonchev–Trinajstić information content (AvgIpc) is 3.20. The van der Waals surface area contributed by atoms with Gasteiger partial charge in [0.1, 0.15) is 0 Å². The predicted molar refractivity (Wildman–Crippen MR) is 241 cm³/mol. The van der Waals surface area contributed by atoms with Crippen molar-refractivity contribution in [2.45, 2.75) is 283 Å². The van der Waals surface area contributed by atoms with Crippen LogP contribution in [0.5, 0.6) is 0 Å². The summed E-state index contributed by atoms with van der Waals surface area (Å²) in [6.07, 6.45) is 51.8. The molecule has 0 aliphatic heterocycles. The number of unbranched alkanes of at least 4 members (excludes halogenated alkanes) is 33. The fourth-order valence-corrected chi connectivity index (χ4v) is 7.69. The van der Waals surface area contributed by atoms with Crippen molar-refractivity contribution in [2.75, 3.05) is 13.2 Å². The first-order valence-electron chi connectivity index (χ1n) is 24.9. The highest BCUT2D eigenvalue weighted by atomic mass is 16.5. The highest BCUT2D eigenvalue weighted by Crippen LogP contribution is 2.16. The second-order valence-electron chi connectivity index (χ2n) is 17.1. The summed E-state index contributed by atoms with van der Waals surface area (Å²) in [7, 11) is 0. The third kappa shape index (κ3) is 42.2. The summed E-state index contributed by atoms with van der Waals surface area (Å²) in [5.74, 6) is -0.0470. The number of rotatable bonds is 46. The molecule has 2 atom stereocenters. The monoisotopic (exact) mass is 792 g/mol. The number of hydrogen-bond donors (Lipinski definition) is 3. The Hall–Kier alpha value is -1.40. The lowest BCUT2D eigenvalue weighted by atomic mass is 10.0. The van der Waals surface area contributed by atoms with Gasteiger partial charge >= 0.3 is 5.97 Å². The van der Waals surface area contributed by atoms with Crippen molar-refractivity contribution < 1.29 is 24.5 Å². The average molecular weight is 792 g/mol. The molecular weight excluding hydrogens is 695 g/mol. The minimum absolute atomic E-state index is 0.00496. The number of aliphatic hydroxyl groups excluding tert-OH is 2. The van der Waals surface area contributed by atoms with Crippen molar-refractivity contribution in [2.24, 2.45) is 0 Å². The van der Waals surface area contributed by atoms with Gasteiger partial charge in [-0.1, -0.05) is 219 Å². The third-order valence-electron chi connectivity index (χ3n) is 11.6. The maximum absolute atomic E-state index is 12.4. The smallest absolute Gasteiger partial charge is 0.305 e. The minimum Gasteiger partial charge on any atom is -0.466 e. The van der Waals surface area contributed by atoms with Crippen molar-refractivity contribution in [1.29, 1.82) is 0 Å². The Kier molecular flexibility index (Phi) is 45.1. The Balaban J connectivity index is 3.40. The van der Waals surface area contributed by atoms with Gasteiger partial charge in [-0.15, -0.1) is 0 Å². The number of carbonyl (C=O) groups is 2. The molecule has 0 bridgehead atoms. The van der Waals surface area contributed by atoms with E-state index in [9.17, 15) is 19.8 Å². The van der Waals surface area contributed by atoms with Crippen molar-refractivity contribution in [3.8, 4) is 0 Å². The highest BCUT2D eigenvalue weighted by molar-refractivity contribution is 5.76. The van der Waals surface area contributed by atoms with E-state index in [2.05, 4.69) is 31.3 Å². The van der Waals surface area contributed by atoms with Gasteiger partial charge in [0.25, 0.3) is 0 Å². The van der Waals surface area contributed by atoms with Crippen molar-refractivity contribution in [3.63, 3.8) is 0 Å². The molecule has 0 aromatic carbocycles. The summed E-state index contributed by atoms with van der Waals surface area (Å²) in [6.45, 7) is 4.90. The van der Waals surface area contributed by atoms with E-state index in [-0.39, 0.29) is 18.5 Å². The maximum atomic E-state index is 12.4. The van der Waals surface area contributed by atoms with Gasteiger partial charge in [-0.2, -0.15) is 0 Å². The lowest BCUT2D eigenvalue weighted by Crippen LogP contribution is -2.45. The number of carbonyl (C=O) groups excluding carboxylic acids is 2. The van der Waals surface area contributed by atoms with Crippen molar-refractivity contribution >= 4 is 11.9 Å². The van der Waals surface area contributed by atoms with Crippen LogP contribution in [0.15, 0.2) is 12.2 Å².